The molecule has 6 aromatic carbocycles. The molecule has 0 bridgehead atoms. The third-order valence-electron chi connectivity index (χ3n) is 11.4. The second kappa shape index (κ2) is 13.3. The number of nitrogens with zero attached hydrogens (tertiary/aromatic N) is 1. The van der Waals surface area contributed by atoms with E-state index in [-0.39, 0.29) is 5.41 Å². The van der Waals surface area contributed by atoms with Crippen LogP contribution in [0.15, 0.2) is 193 Å². The largest absolute Gasteiger partial charge is 0.314 e. The Labute approximate surface area is 308 Å². The minimum absolute atomic E-state index is 0.00782. The zero-order chi connectivity index (χ0) is 35.1. The molecule has 0 radical (unpaired) electrons. The molecule has 1 heteroatoms. The molecule has 6 aromatic rings. The molecule has 0 heterocycles. The van der Waals surface area contributed by atoms with Gasteiger partial charge >= 0.3 is 0 Å². The first-order valence-corrected chi connectivity index (χ1v) is 18.7. The first-order chi connectivity index (χ1) is 25.6. The Bertz CT molecular complexity index is 2390. The van der Waals surface area contributed by atoms with Crippen molar-refractivity contribution in [3.05, 3.63) is 216 Å². The van der Waals surface area contributed by atoms with E-state index in [2.05, 4.69) is 201 Å². The normalized spacial score (nSPS) is 17.0. The number of rotatable bonds is 7. The summed E-state index contributed by atoms with van der Waals surface area (Å²) in [7, 11) is 0. The number of fused-ring (bicyclic) bond motifs is 3. The summed E-state index contributed by atoms with van der Waals surface area (Å²) >= 11 is 0. The van der Waals surface area contributed by atoms with E-state index in [0.29, 0.717) is 5.92 Å². The fourth-order valence-corrected chi connectivity index (χ4v) is 8.63. The summed E-state index contributed by atoms with van der Waals surface area (Å²) in [6.07, 6.45) is 14.9. The first kappa shape index (κ1) is 32.0. The molecule has 1 nitrogen and oxygen atoms in total. The number of hydrogen-bond acceptors (Lipinski definition) is 1. The van der Waals surface area contributed by atoms with E-state index < -0.39 is 0 Å². The molecule has 0 saturated heterocycles. The van der Waals surface area contributed by atoms with Gasteiger partial charge in [0.15, 0.2) is 0 Å². The number of hydrogen-bond donors (Lipinski definition) is 0. The quantitative estimate of drug-likeness (QED) is 0.164. The molecule has 52 heavy (non-hydrogen) atoms. The van der Waals surface area contributed by atoms with Crippen molar-refractivity contribution >= 4 is 11.3 Å². The SMILES string of the molecule is CC1(C)c2ccccc2-c2c(C3=CC=C(N(C4=CCC(c5ccccc5)C=C4)c4ccc(-c5ccccc5)cc4-c4ccccc4)CC3)cccc21. The Balaban J connectivity index is 1.16. The van der Waals surface area contributed by atoms with Crippen LogP contribution in [0.4, 0.5) is 5.69 Å². The smallest absolute Gasteiger partial charge is 0.0537 e. The van der Waals surface area contributed by atoms with Crippen LogP contribution in [0.1, 0.15) is 61.3 Å². The monoisotopic (exact) mass is 669 g/mol. The molecule has 1 atom stereocenters. The summed E-state index contributed by atoms with van der Waals surface area (Å²) in [5, 5.41) is 0. The Morgan fingerprint density at radius 2 is 1.23 bits per heavy atom. The van der Waals surface area contributed by atoms with Gasteiger partial charge in [0, 0.05) is 28.3 Å². The van der Waals surface area contributed by atoms with Crippen LogP contribution in [-0.4, -0.2) is 0 Å². The third kappa shape index (κ3) is 5.67. The topological polar surface area (TPSA) is 3.24 Å². The molecule has 0 aromatic heterocycles. The predicted molar refractivity (Wildman–Crippen MR) is 220 cm³/mol. The van der Waals surface area contributed by atoms with Crippen molar-refractivity contribution in [3.63, 3.8) is 0 Å². The molecule has 0 amide bonds. The molecule has 3 aliphatic rings. The van der Waals surface area contributed by atoms with Crippen LogP contribution in [0.2, 0.25) is 0 Å². The van der Waals surface area contributed by atoms with Crippen molar-refractivity contribution in [2.75, 3.05) is 4.90 Å². The van der Waals surface area contributed by atoms with Crippen LogP contribution < -0.4 is 4.90 Å². The fourth-order valence-electron chi connectivity index (χ4n) is 8.63. The van der Waals surface area contributed by atoms with Gasteiger partial charge in [0.05, 0.1) is 5.69 Å². The van der Waals surface area contributed by atoms with Crippen molar-refractivity contribution in [3.8, 4) is 33.4 Å². The van der Waals surface area contributed by atoms with Crippen molar-refractivity contribution in [2.45, 2.75) is 44.4 Å². The molecule has 9 rings (SSSR count). The zero-order valence-electron chi connectivity index (χ0n) is 30.0. The van der Waals surface area contributed by atoms with Gasteiger partial charge in [0.1, 0.15) is 0 Å². The van der Waals surface area contributed by atoms with Crippen LogP contribution in [0.25, 0.3) is 39.0 Å². The summed E-state index contributed by atoms with van der Waals surface area (Å²) in [6, 6.07) is 55.4. The van der Waals surface area contributed by atoms with Gasteiger partial charge in [-0.15, -0.1) is 0 Å². The van der Waals surface area contributed by atoms with E-state index >= 15 is 0 Å². The average molecular weight is 670 g/mol. The van der Waals surface area contributed by atoms with Crippen molar-refractivity contribution in [2.24, 2.45) is 0 Å². The lowest BCUT2D eigenvalue weighted by Crippen LogP contribution is -2.24. The maximum absolute atomic E-state index is 2.54. The van der Waals surface area contributed by atoms with Gasteiger partial charge in [-0.2, -0.15) is 0 Å². The highest BCUT2D eigenvalue weighted by Crippen LogP contribution is 2.52. The number of anilines is 1. The number of allylic oxidation sites excluding steroid dienone is 7. The highest BCUT2D eigenvalue weighted by atomic mass is 15.2. The van der Waals surface area contributed by atoms with Crippen molar-refractivity contribution in [1.29, 1.82) is 0 Å². The van der Waals surface area contributed by atoms with Gasteiger partial charge in [-0.1, -0.05) is 172 Å². The van der Waals surface area contributed by atoms with E-state index in [1.165, 1.54) is 78.3 Å². The summed E-state index contributed by atoms with van der Waals surface area (Å²) in [6.45, 7) is 4.74. The lowest BCUT2D eigenvalue weighted by atomic mass is 9.81. The van der Waals surface area contributed by atoms with Gasteiger partial charge in [-0.25, -0.2) is 0 Å². The Morgan fingerprint density at radius 1 is 0.558 bits per heavy atom. The highest BCUT2D eigenvalue weighted by Gasteiger charge is 2.37. The van der Waals surface area contributed by atoms with Gasteiger partial charge in [-0.3, -0.25) is 0 Å². The van der Waals surface area contributed by atoms with Crippen molar-refractivity contribution < 1.29 is 0 Å². The predicted octanol–water partition coefficient (Wildman–Crippen LogP) is 13.5. The molecule has 1 unspecified atom stereocenters. The highest BCUT2D eigenvalue weighted by molar-refractivity contribution is 5.92. The van der Waals surface area contributed by atoms with E-state index in [1.807, 2.05) is 0 Å². The van der Waals surface area contributed by atoms with Crippen LogP contribution in [0.3, 0.4) is 0 Å². The molecule has 3 aliphatic carbocycles. The van der Waals surface area contributed by atoms with Gasteiger partial charge in [-0.05, 0) is 99.2 Å². The molecule has 0 aliphatic heterocycles. The third-order valence-corrected chi connectivity index (χ3v) is 11.4. The minimum Gasteiger partial charge on any atom is -0.314 e. The first-order valence-electron chi connectivity index (χ1n) is 18.7. The van der Waals surface area contributed by atoms with Gasteiger partial charge in [0.2, 0.25) is 0 Å². The van der Waals surface area contributed by atoms with Crippen LogP contribution in [-0.2, 0) is 5.41 Å². The van der Waals surface area contributed by atoms with E-state index in [4.69, 9.17) is 0 Å². The molecule has 252 valence electrons. The van der Waals surface area contributed by atoms with E-state index in [1.54, 1.807) is 0 Å². The molecule has 0 spiro atoms. The average Bonchev–Trinajstić information content (AvgIpc) is 3.46. The summed E-state index contributed by atoms with van der Waals surface area (Å²) in [5.74, 6) is 0.375. The molecular formula is C51H43N. The Hall–Kier alpha value is -5.92. The minimum atomic E-state index is -0.00782. The number of benzene rings is 6. The second-order valence-corrected chi connectivity index (χ2v) is 14.8. The Morgan fingerprint density at radius 3 is 1.94 bits per heavy atom. The van der Waals surface area contributed by atoms with Crippen LogP contribution >= 0.6 is 0 Å². The molecular weight excluding hydrogens is 627 g/mol. The molecule has 0 fully saturated rings. The summed E-state index contributed by atoms with van der Waals surface area (Å²) in [5.41, 5.74) is 18.4. The van der Waals surface area contributed by atoms with E-state index in [0.717, 1.165) is 19.3 Å². The van der Waals surface area contributed by atoms with Crippen molar-refractivity contribution in [1.82, 2.24) is 0 Å². The second-order valence-electron chi connectivity index (χ2n) is 14.8. The van der Waals surface area contributed by atoms with Crippen LogP contribution in [0, 0.1) is 0 Å². The lowest BCUT2D eigenvalue weighted by Gasteiger charge is -2.34. The van der Waals surface area contributed by atoms with Gasteiger partial charge in [0.25, 0.3) is 0 Å². The summed E-state index contributed by atoms with van der Waals surface area (Å²) < 4.78 is 0. The standard InChI is InChI=1S/C51H43N/c1-51(2)47-23-13-12-21-45(47)50-44(22-14-24-48(50)51)40-27-32-43(33-28-40)52(42-30-25-38(26-31-42)36-15-6-3-7-16-36)49-34-29-41(37-17-8-4-9-18-37)35-46(49)39-19-10-5-11-20-39/h3-25,27,29-32,34-35,38H,26,28,33H2,1-2H3. The van der Waals surface area contributed by atoms with E-state index in [9.17, 15) is 0 Å². The maximum atomic E-state index is 2.54. The maximum Gasteiger partial charge on any atom is 0.0537 e. The molecule has 0 N–H and O–H groups in total. The van der Waals surface area contributed by atoms with Crippen LogP contribution in [0.5, 0.6) is 0 Å². The lowest BCUT2D eigenvalue weighted by molar-refractivity contribution is 0.660. The van der Waals surface area contributed by atoms with Gasteiger partial charge < -0.3 is 4.90 Å². The Kier molecular flexibility index (Phi) is 8.20. The fraction of sp³-hybridized carbons (Fsp3) is 0.137. The zero-order valence-corrected chi connectivity index (χ0v) is 30.0. The molecule has 0 saturated carbocycles. The summed E-state index contributed by atoms with van der Waals surface area (Å²) in [4.78, 5) is 2.54.